The van der Waals surface area contributed by atoms with Gasteiger partial charge in [0.1, 0.15) is 6.61 Å². The standard InChI is InChI=1S/C11H12ClN3O2/c1-15-6-7-17-11(16)10(15)14-13-9-4-2-8(12)3-5-9/h2-5,13H,6-7H2,1H3/b14-10-. The van der Waals surface area contributed by atoms with Crippen LogP contribution in [0.15, 0.2) is 29.4 Å². The predicted molar refractivity (Wildman–Crippen MR) is 66.1 cm³/mol. The van der Waals surface area contributed by atoms with E-state index in [-0.39, 0.29) is 5.84 Å². The van der Waals surface area contributed by atoms with Crippen molar-refractivity contribution in [3.63, 3.8) is 0 Å². The second-order valence-corrected chi connectivity index (χ2v) is 4.05. The number of rotatable bonds is 2. The zero-order chi connectivity index (χ0) is 12.3. The van der Waals surface area contributed by atoms with Gasteiger partial charge in [0.2, 0.25) is 5.84 Å². The van der Waals surface area contributed by atoms with Crippen LogP contribution in [0, 0.1) is 0 Å². The fourth-order valence-corrected chi connectivity index (χ4v) is 1.50. The average molecular weight is 254 g/mol. The number of hydrogen-bond acceptors (Lipinski definition) is 4. The normalized spacial score (nSPS) is 18.1. The molecule has 90 valence electrons. The fraction of sp³-hybridized carbons (Fsp3) is 0.273. The molecular formula is C11H12ClN3O2. The van der Waals surface area contributed by atoms with Gasteiger partial charge in [0.15, 0.2) is 0 Å². The summed E-state index contributed by atoms with van der Waals surface area (Å²) in [4.78, 5) is 13.2. The number of amidine groups is 1. The lowest BCUT2D eigenvalue weighted by Gasteiger charge is -2.24. The van der Waals surface area contributed by atoms with Crippen LogP contribution in [0.25, 0.3) is 0 Å². The smallest absolute Gasteiger partial charge is 0.376 e. The maximum absolute atomic E-state index is 11.4. The molecule has 1 heterocycles. The topological polar surface area (TPSA) is 53.9 Å². The first kappa shape index (κ1) is 11.7. The molecule has 6 heteroatoms. The number of carbonyl (C=O) groups is 1. The van der Waals surface area contributed by atoms with E-state index in [0.29, 0.717) is 18.2 Å². The number of halogens is 1. The molecule has 1 aromatic carbocycles. The van der Waals surface area contributed by atoms with Gasteiger partial charge < -0.3 is 9.64 Å². The number of cyclic esters (lactones) is 1. The number of ether oxygens (including phenoxy) is 1. The Kier molecular flexibility index (Phi) is 3.49. The highest BCUT2D eigenvalue weighted by Crippen LogP contribution is 2.13. The summed E-state index contributed by atoms with van der Waals surface area (Å²) >= 11 is 5.76. The van der Waals surface area contributed by atoms with Crippen molar-refractivity contribution in [2.45, 2.75) is 0 Å². The van der Waals surface area contributed by atoms with Crippen LogP contribution in [0.3, 0.4) is 0 Å². The number of anilines is 1. The monoisotopic (exact) mass is 253 g/mol. The van der Waals surface area contributed by atoms with Gasteiger partial charge >= 0.3 is 5.97 Å². The van der Waals surface area contributed by atoms with Crippen LogP contribution in [0.5, 0.6) is 0 Å². The molecule has 1 fully saturated rings. The Morgan fingerprint density at radius 3 is 2.76 bits per heavy atom. The van der Waals surface area contributed by atoms with E-state index in [1.807, 2.05) is 0 Å². The molecule has 0 saturated carbocycles. The largest absolute Gasteiger partial charge is 0.458 e. The Morgan fingerprint density at radius 1 is 1.41 bits per heavy atom. The lowest BCUT2D eigenvalue weighted by atomic mass is 10.3. The molecule has 0 atom stereocenters. The van der Waals surface area contributed by atoms with E-state index in [9.17, 15) is 4.79 Å². The first-order valence-electron chi connectivity index (χ1n) is 5.14. The average Bonchev–Trinajstić information content (AvgIpc) is 2.31. The second kappa shape index (κ2) is 5.05. The van der Waals surface area contributed by atoms with Gasteiger partial charge in [-0.15, -0.1) is 5.10 Å². The van der Waals surface area contributed by atoms with E-state index >= 15 is 0 Å². The molecule has 0 spiro atoms. The summed E-state index contributed by atoms with van der Waals surface area (Å²) in [6, 6.07) is 7.04. The summed E-state index contributed by atoms with van der Waals surface area (Å²) in [5.41, 5.74) is 3.55. The molecule has 0 bridgehead atoms. The van der Waals surface area contributed by atoms with Gasteiger partial charge in [0, 0.05) is 12.1 Å². The first-order valence-corrected chi connectivity index (χ1v) is 5.52. The molecule has 1 saturated heterocycles. The van der Waals surface area contributed by atoms with Gasteiger partial charge in [-0.05, 0) is 24.3 Å². The molecule has 0 aliphatic carbocycles. The van der Waals surface area contributed by atoms with Crippen molar-refractivity contribution >= 4 is 29.1 Å². The van der Waals surface area contributed by atoms with Gasteiger partial charge in [0.05, 0.1) is 12.2 Å². The highest BCUT2D eigenvalue weighted by atomic mass is 35.5. The van der Waals surface area contributed by atoms with Crippen LogP contribution in [0.2, 0.25) is 5.02 Å². The SMILES string of the molecule is CN1CCOC(=O)/C1=N/Nc1ccc(Cl)cc1. The lowest BCUT2D eigenvalue weighted by molar-refractivity contribution is -0.138. The number of carbonyl (C=O) groups excluding carboxylic acids is 1. The summed E-state index contributed by atoms with van der Waals surface area (Å²) in [5, 5.41) is 4.67. The number of nitrogens with zero attached hydrogens (tertiary/aromatic N) is 2. The summed E-state index contributed by atoms with van der Waals surface area (Å²) in [6.45, 7) is 1.04. The quantitative estimate of drug-likeness (QED) is 0.642. The van der Waals surface area contributed by atoms with Crippen molar-refractivity contribution < 1.29 is 9.53 Å². The molecule has 1 aliphatic heterocycles. The number of likely N-dealkylation sites (N-methyl/N-ethyl adjacent to an activating group) is 1. The van der Waals surface area contributed by atoms with Crippen LogP contribution in [-0.4, -0.2) is 36.9 Å². The minimum atomic E-state index is -0.416. The molecular weight excluding hydrogens is 242 g/mol. The van der Waals surface area contributed by atoms with Crippen LogP contribution in [-0.2, 0) is 9.53 Å². The first-order chi connectivity index (χ1) is 8.16. The van der Waals surface area contributed by atoms with E-state index in [1.54, 1.807) is 36.2 Å². The van der Waals surface area contributed by atoms with E-state index in [1.165, 1.54) is 0 Å². The van der Waals surface area contributed by atoms with E-state index in [0.717, 1.165) is 5.69 Å². The molecule has 17 heavy (non-hydrogen) atoms. The molecule has 0 unspecified atom stereocenters. The van der Waals surface area contributed by atoms with Crippen LogP contribution in [0.4, 0.5) is 5.69 Å². The molecule has 1 N–H and O–H groups in total. The summed E-state index contributed by atoms with van der Waals surface area (Å²) in [7, 11) is 1.79. The van der Waals surface area contributed by atoms with Crippen molar-refractivity contribution in [1.82, 2.24) is 4.90 Å². The minimum absolute atomic E-state index is 0.270. The zero-order valence-electron chi connectivity index (χ0n) is 9.31. The molecule has 0 amide bonds. The third-order valence-electron chi connectivity index (χ3n) is 2.34. The highest BCUT2D eigenvalue weighted by molar-refractivity contribution is 6.35. The van der Waals surface area contributed by atoms with Crippen molar-refractivity contribution in [3.8, 4) is 0 Å². The Bertz CT molecular complexity index is 445. The summed E-state index contributed by atoms with van der Waals surface area (Å²) in [5.74, 6) is -0.147. The van der Waals surface area contributed by atoms with Crippen LogP contribution < -0.4 is 5.43 Å². The number of morpholine rings is 1. The van der Waals surface area contributed by atoms with E-state index in [2.05, 4.69) is 10.5 Å². The van der Waals surface area contributed by atoms with Crippen molar-refractivity contribution in [1.29, 1.82) is 0 Å². The van der Waals surface area contributed by atoms with Crippen LogP contribution >= 0.6 is 11.6 Å². The predicted octanol–water partition coefficient (Wildman–Crippen LogP) is 1.55. The molecule has 5 nitrogen and oxygen atoms in total. The summed E-state index contributed by atoms with van der Waals surface area (Å²) < 4.78 is 4.90. The third-order valence-corrected chi connectivity index (χ3v) is 2.59. The van der Waals surface area contributed by atoms with Gasteiger partial charge in [-0.2, -0.15) is 0 Å². The maximum atomic E-state index is 11.4. The van der Waals surface area contributed by atoms with Crippen molar-refractivity contribution in [2.75, 3.05) is 25.6 Å². The van der Waals surface area contributed by atoms with E-state index < -0.39 is 5.97 Å². The number of nitrogens with one attached hydrogen (secondary N) is 1. The van der Waals surface area contributed by atoms with Gasteiger partial charge in [-0.3, -0.25) is 5.43 Å². The van der Waals surface area contributed by atoms with Crippen molar-refractivity contribution in [3.05, 3.63) is 29.3 Å². The fourth-order valence-electron chi connectivity index (χ4n) is 1.37. The molecule has 0 radical (unpaired) electrons. The minimum Gasteiger partial charge on any atom is -0.458 e. The number of benzene rings is 1. The Balaban J connectivity index is 2.08. The van der Waals surface area contributed by atoms with Crippen molar-refractivity contribution in [2.24, 2.45) is 5.10 Å². The van der Waals surface area contributed by atoms with Gasteiger partial charge in [-0.1, -0.05) is 11.6 Å². The Labute approximate surface area is 104 Å². The summed E-state index contributed by atoms with van der Waals surface area (Å²) in [6.07, 6.45) is 0. The van der Waals surface area contributed by atoms with E-state index in [4.69, 9.17) is 16.3 Å². The molecule has 1 aliphatic rings. The van der Waals surface area contributed by atoms with Crippen LogP contribution in [0.1, 0.15) is 0 Å². The Hall–Kier alpha value is -1.75. The molecule has 2 rings (SSSR count). The maximum Gasteiger partial charge on any atom is 0.376 e. The molecule has 0 aromatic heterocycles. The lowest BCUT2D eigenvalue weighted by Crippen LogP contribution is -2.43. The second-order valence-electron chi connectivity index (χ2n) is 3.61. The number of hydrazone groups is 1. The highest BCUT2D eigenvalue weighted by Gasteiger charge is 2.23. The number of hydrogen-bond donors (Lipinski definition) is 1. The number of esters is 1. The third kappa shape index (κ3) is 2.88. The Morgan fingerprint density at radius 2 is 2.12 bits per heavy atom. The molecule has 1 aromatic rings. The van der Waals surface area contributed by atoms with Gasteiger partial charge in [-0.25, -0.2) is 4.79 Å². The van der Waals surface area contributed by atoms with Gasteiger partial charge in [0.25, 0.3) is 0 Å². The zero-order valence-corrected chi connectivity index (χ0v) is 10.1.